The molecule has 0 spiro atoms. The van der Waals surface area contributed by atoms with Crippen LogP contribution in [-0.4, -0.2) is 16.1 Å². The molecule has 0 bridgehead atoms. The van der Waals surface area contributed by atoms with Gasteiger partial charge >= 0.3 is 0 Å². The van der Waals surface area contributed by atoms with Crippen molar-refractivity contribution in [2.75, 3.05) is 0 Å². The summed E-state index contributed by atoms with van der Waals surface area (Å²) in [6, 6.07) is 15.4. The predicted octanol–water partition coefficient (Wildman–Crippen LogP) is 3.93. The summed E-state index contributed by atoms with van der Waals surface area (Å²) in [6.45, 7) is 4.11. The molecule has 2 aromatic carbocycles. The van der Waals surface area contributed by atoms with Crippen molar-refractivity contribution >= 4 is 5.91 Å². The highest BCUT2D eigenvalue weighted by Crippen LogP contribution is 2.20. The topological polar surface area (TPSA) is 68.0 Å². The molecule has 0 saturated carbocycles. The van der Waals surface area contributed by atoms with Crippen LogP contribution in [0.2, 0.25) is 0 Å². The maximum Gasteiger partial charge on any atom is 0.251 e. The molecule has 0 saturated heterocycles. The predicted molar refractivity (Wildman–Crippen MR) is 91.4 cm³/mol. The molecule has 122 valence electrons. The van der Waals surface area contributed by atoms with E-state index in [4.69, 9.17) is 4.42 Å². The van der Waals surface area contributed by atoms with Crippen LogP contribution in [0.1, 0.15) is 40.9 Å². The van der Waals surface area contributed by atoms with Crippen LogP contribution >= 0.6 is 0 Å². The van der Waals surface area contributed by atoms with Crippen molar-refractivity contribution < 1.29 is 9.21 Å². The van der Waals surface area contributed by atoms with Crippen molar-refractivity contribution in [2.24, 2.45) is 0 Å². The first-order valence-electron chi connectivity index (χ1n) is 7.91. The van der Waals surface area contributed by atoms with Crippen LogP contribution < -0.4 is 5.32 Å². The van der Waals surface area contributed by atoms with Crippen molar-refractivity contribution in [1.29, 1.82) is 0 Å². The van der Waals surface area contributed by atoms with Crippen LogP contribution in [0.15, 0.2) is 59.3 Å². The maximum absolute atomic E-state index is 12.5. The van der Waals surface area contributed by atoms with Gasteiger partial charge in [0.1, 0.15) is 0 Å². The van der Waals surface area contributed by atoms with E-state index in [-0.39, 0.29) is 11.9 Å². The molecule has 0 aliphatic carbocycles. The summed E-state index contributed by atoms with van der Waals surface area (Å²) in [4.78, 5) is 12.5. The zero-order valence-corrected chi connectivity index (χ0v) is 13.7. The number of carbonyl (C=O) groups excluding carboxylic acids is 1. The molecule has 3 rings (SSSR count). The second-order valence-corrected chi connectivity index (χ2v) is 5.67. The monoisotopic (exact) mass is 321 g/mol. The van der Waals surface area contributed by atoms with Crippen LogP contribution in [0.25, 0.3) is 11.5 Å². The molecule has 1 aromatic heterocycles. The van der Waals surface area contributed by atoms with Crippen LogP contribution in [-0.2, 0) is 0 Å². The molecule has 3 aromatic rings. The number of aromatic nitrogens is 2. The van der Waals surface area contributed by atoms with E-state index in [0.29, 0.717) is 11.5 Å². The van der Waals surface area contributed by atoms with Gasteiger partial charge < -0.3 is 9.73 Å². The lowest BCUT2D eigenvalue weighted by atomic mass is 10.0. The fraction of sp³-hybridized carbons (Fsp3) is 0.211. The largest absolute Gasteiger partial charge is 0.423 e. The third-order valence-corrected chi connectivity index (χ3v) is 3.95. The van der Waals surface area contributed by atoms with Gasteiger partial charge in [-0.15, -0.1) is 10.2 Å². The number of carbonyl (C=O) groups is 1. The summed E-state index contributed by atoms with van der Waals surface area (Å²) in [7, 11) is 0. The zero-order chi connectivity index (χ0) is 16.9. The Morgan fingerprint density at radius 1 is 1.12 bits per heavy atom. The molecule has 1 atom stereocenters. The van der Waals surface area contributed by atoms with E-state index in [0.717, 1.165) is 17.5 Å². The number of rotatable bonds is 5. The summed E-state index contributed by atoms with van der Waals surface area (Å²) in [5.41, 5.74) is 3.70. The van der Waals surface area contributed by atoms with Gasteiger partial charge in [-0.05, 0) is 43.2 Å². The lowest BCUT2D eigenvalue weighted by Gasteiger charge is -2.18. The second kappa shape index (κ2) is 7.08. The van der Waals surface area contributed by atoms with Crippen LogP contribution in [0.3, 0.4) is 0 Å². The molecule has 24 heavy (non-hydrogen) atoms. The summed E-state index contributed by atoms with van der Waals surface area (Å²) in [5.74, 6) is 0.340. The van der Waals surface area contributed by atoms with Gasteiger partial charge in [-0.1, -0.05) is 36.8 Å². The Balaban J connectivity index is 1.72. The number of nitrogens with one attached hydrogen (secondary N) is 1. The molecule has 5 heteroatoms. The van der Waals surface area contributed by atoms with Crippen molar-refractivity contribution in [1.82, 2.24) is 15.5 Å². The highest BCUT2D eigenvalue weighted by Gasteiger charge is 2.14. The van der Waals surface area contributed by atoms with Gasteiger partial charge in [0.15, 0.2) is 0 Å². The summed E-state index contributed by atoms with van der Waals surface area (Å²) < 4.78 is 5.15. The van der Waals surface area contributed by atoms with E-state index in [1.165, 1.54) is 12.0 Å². The summed E-state index contributed by atoms with van der Waals surface area (Å²) >= 11 is 0. The molecule has 1 amide bonds. The highest BCUT2D eigenvalue weighted by atomic mass is 16.4. The number of aryl methyl sites for hydroxylation is 1. The quantitative estimate of drug-likeness (QED) is 0.773. The van der Waals surface area contributed by atoms with E-state index in [9.17, 15) is 4.79 Å². The fourth-order valence-corrected chi connectivity index (χ4v) is 2.52. The molecular weight excluding hydrogens is 302 g/mol. The van der Waals surface area contributed by atoms with Crippen molar-refractivity contribution in [3.63, 3.8) is 0 Å². The maximum atomic E-state index is 12.5. The lowest BCUT2D eigenvalue weighted by molar-refractivity contribution is 0.0935. The van der Waals surface area contributed by atoms with Crippen molar-refractivity contribution in [3.05, 3.63) is 71.6 Å². The van der Waals surface area contributed by atoms with Crippen molar-refractivity contribution in [2.45, 2.75) is 26.3 Å². The molecular formula is C19H19N3O2. The number of hydrogen-bond acceptors (Lipinski definition) is 4. The first kappa shape index (κ1) is 15.9. The number of amides is 1. The number of nitrogens with zero attached hydrogens (tertiary/aromatic N) is 2. The van der Waals surface area contributed by atoms with Crippen molar-refractivity contribution in [3.8, 4) is 11.5 Å². The Hall–Kier alpha value is -2.95. The Morgan fingerprint density at radius 2 is 1.83 bits per heavy atom. The number of benzene rings is 2. The zero-order valence-electron chi connectivity index (χ0n) is 13.7. The first-order chi connectivity index (χ1) is 11.7. The molecule has 0 radical (unpaired) electrons. The molecule has 5 nitrogen and oxygen atoms in total. The standard InChI is InChI=1S/C19H19N3O2/c1-3-17(14-6-4-13(2)5-7-14)21-18(23)15-8-10-16(11-9-15)19-22-20-12-24-19/h4-12,17H,3H2,1-2H3,(H,21,23)/t17-/m0/s1. The van der Waals surface area contributed by atoms with E-state index in [2.05, 4.69) is 46.7 Å². The number of hydrogen-bond donors (Lipinski definition) is 1. The Bertz CT molecular complexity index is 794. The normalized spacial score (nSPS) is 11.9. The van der Waals surface area contributed by atoms with E-state index >= 15 is 0 Å². The van der Waals surface area contributed by atoms with Gasteiger partial charge in [-0.25, -0.2) is 0 Å². The Kier molecular flexibility index (Phi) is 4.70. The molecule has 1 N–H and O–H groups in total. The third-order valence-electron chi connectivity index (χ3n) is 3.95. The Labute approximate surface area is 140 Å². The smallest absolute Gasteiger partial charge is 0.251 e. The molecule has 0 unspecified atom stereocenters. The summed E-state index contributed by atoms with van der Waals surface area (Å²) in [5, 5.41) is 10.6. The van der Waals surface area contributed by atoms with Crippen LogP contribution in [0.5, 0.6) is 0 Å². The fourth-order valence-electron chi connectivity index (χ4n) is 2.52. The average molecular weight is 321 g/mol. The molecule has 1 heterocycles. The van der Waals surface area contributed by atoms with E-state index < -0.39 is 0 Å². The minimum atomic E-state index is -0.0977. The van der Waals surface area contributed by atoms with Gasteiger partial charge in [-0.2, -0.15) is 0 Å². The SMILES string of the molecule is CC[C@H](NC(=O)c1ccc(-c2nnco2)cc1)c1ccc(C)cc1. The molecule has 0 aliphatic heterocycles. The van der Waals surface area contributed by atoms with Crippen LogP contribution in [0.4, 0.5) is 0 Å². The first-order valence-corrected chi connectivity index (χ1v) is 7.91. The minimum Gasteiger partial charge on any atom is -0.423 e. The second-order valence-electron chi connectivity index (χ2n) is 5.67. The Morgan fingerprint density at radius 3 is 2.42 bits per heavy atom. The van der Waals surface area contributed by atoms with Gasteiger partial charge in [0.2, 0.25) is 12.3 Å². The molecule has 0 aliphatic rings. The minimum absolute atomic E-state index is 0.00582. The van der Waals surface area contributed by atoms with Gasteiger partial charge in [0, 0.05) is 11.1 Å². The van der Waals surface area contributed by atoms with Crippen LogP contribution in [0, 0.1) is 6.92 Å². The highest BCUT2D eigenvalue weighted by molar-refractivity contribution is 5.94. The van der Waals surface area contributed by atoms with Gasteiger partial charge in [-0.3, -0.25) is 4.79 Å². The average Bonchev–Trinajstić information content (AvgIpc) is 3.15. The van der Waals surface area contributed by atoms with Gasteiger partial charge in [0.05, 0.1) is 6.04 Å². The molecule has 0 fully saturated rings. The van der Waals surface area contributed by atoms with E-state index in [1.54, 1.807) is 24.3 Å². The third kappa shape index (κ3) is 3.51. The summed E-state index contributed by atoms with van der Waals surface area (Å²) in [6.07, 6.45) is 2.11. The van der Waals surface area contributed by atoms with Gasteiger partial charge in [0.25, 0.3) is 5.91 Å². The lowest BCUT2D eigenvalue weighted by Crippen LogP contribution is -2.28. The van der Waals surface area contributed by atoms with E-state index in [1.807, 2.05) is 6.92 Å².